The molecular weight excluding hydrogens is 314 g/mol. The van der Waals surface area contributed by atoms with E-state index in [9.17, 15) is 4.79 Å². The highest BCUT2D eigenvalue weighted by Gasteiger charge is 2.13. The minimum atomic E-state index is -0.257. The number of thiazole rings is 1. The second-order valence-electron chi connectivity index (χ2n) is 4.02. The van der Waals surface area contributed by atoms with Crippen LogP contribution in [-0.2, 0) is 0 Å². The van der Waals surface area contributed by atoms with Crippen LogP contribution in [0.2, 0.25) is 0 Å². The molecule has 0 spiro atoms. The molecule has 6 heteroatoms. The zero-order valence-corrected chi connectivity index (χ0v) is 12.4. The molecule has 0 saturated heterocycles. The van der Waals surface area contributed by atoms with Crippen molar-refractivity contribution >= 4 is 38.3 Å². The van der Waals surface area contributed by atoms with Gasteiger partial charge in [-0.25, -0.2) is 9.97 Å². The van der Waals surface area contributed by atoms with Gasteiger partial charge in [0.25, 0.3) is 5.91 Å². The molecule has 2 rings (SSSR count). The average molecular weight is 326 g/mol. The van der Waals surface area contributed by atoms with Crippen LogP contribution in [-0.4, -0.2) is 15.9 Å². The fourth-order valence-electron chi connectivity index (χ4n) is 1.32. The van der Waals surface area contributed by atoms with Gasteiger partial charge in [-0.3, -0.25) is 10.1 Å². The summed E-state index contributed by atoms with van der Waals surface area (Å²) in [7, 11) is 0. The lowest BCUT2D eigenvalue weighted by Gasteiger charge is -2.02. The Balaban J connectivity index is 2.14. The third-order valence-corrected chi connectivity index (χ3v) is 3.72. The maximum atomic E-state index is 12.0. The Bertz CT molecular complexity index is 568. The minimum Gasteiger partial charge on any atom is -0.296 e. The largest absolute Gasteiger partial charge is 0.296 e. The number of pyridine rings is 1. The zero-order chi connectivity index (χ0) is 13.1. The van der Waals surface area contributed by atoms with Gasteiger partial charge in [0.2, 0.25) is 0 Å². The van der Waals surface area contributed by atoms with Gasteiger partial charge in [0, 0.05) is 16.0 Å². The molecule has 0 saturated carbocycles. The van der Waals surface area contributed by atoms with E-state index >= 15 is 0 Å². The van der Waals surface area contributed by atoms with Crippen molar-refractivity contribution in [3.8, 4) is 0 Å². The Kier molecular flexibility index (Phi) is 4.08. The van der Waals surface area contributed by atoms with Crippen LogP contribution < -0.4 is 5.32 Å². The summed E-state index contributed by atoms with van der Waals surface area (Å²) < 4.78 is 0.670. The summed E-state index contributed by atoms with van der Waals surface area (Å²) >= 11 is 4.72. The quantitative estimate of drug-likeness (QED) is 0.936. The molecule has 0 aliphatic carbocycles. The van der Waals surface area contributed by atoms with Gasteiger partial charge >= 0.3 is 0 Å². The SMILES string of the molecule is CC(C)c1csc(NC(=O)c2ncccc2Br)n1. The number of carbonyl (C=O) groups excluding carboxylic acids is 1. The maximum Gasteiger partial charge on any atom is 0.277 e. The van der Waals surface area contributed by atoms with Crippen LogP contribution in [0.3, 0.4) is 0 Å². The van der Waals surface area contributed by atoms with Crippen LogP contribution in [0.15, 0.2) is 28.2 Å². The van der Waals surface area contributed by atoms with Crippen molar-refractivity contribution in [2.45, 2.75) is 19.8 Å². The summed E-state index contributed by atoms with van der Waals surface area (Å²) in [6.07, 6.45) is 1.58. The number of hydrogen-bond donors (Lipinski definition) is 1. The molecule has 0 aliphatic heterocycles. The van der Waals surface area contributed by atoms with Gasteiger partial charge in [0.1, 0.15) is 5.69 Å². The normalized spacial score (nSPS) is 10.7. The van der Waals surface area contributed by atoms with Gasteiger partial charge in [-0.05, 0) is 34.0 Å². The van der Waals surface area contributed by atoms with Crippen LogP contribution in [0.1, 0.15) is 35.9 Å². The van der Waals surface area contributed by atoms with E-state index in [1.165, 1.54) is 11.3 Å². The molecule has 0 fully saturated rings. The van der Waals surface area contributed by atoms with E-state index in [0.29, 0.717) is 21.2 Å². The van der Waals surface area contributed by atoms with E-state index in [-0.39, 0.29) is 5.91 Å². The van der Waals surface area contributed by atoms with Gasteiger partial charge in [-0.1, -0.05) is 13.8 Å². The van der Waals surface area contributed by atoms with Crippen molar-refractivity contribution in [3.05, 3.63) is 39.6 Å². The van der Waals surface area contributed by atoms with Crippen molar-refractivity contribution in [3.63, 3.8) is 0 Å². The van der Waals surface area contributed by atoms with E-state index < -0.39 is 0 Å². The molecule has 4 nitrogen and oxygen atoms in total. The third kappa shape index (κ3) is 2.94. The zero-order valence-electron chi connectivity index (χ0n) is 9.98. The van der Waals surface area contributed by atoms with Crippen LogP contribution in [0.5, 0.6) is 0 Å². The van der Waals surface area contributed by atoms with Crippen molar-refractivity contribution in [2.24, 2.45) is 0 Å². The first-order valence-electron chi connectivity index (χ1n) is 5.45. The molecule has 1 N–H and O–H groups in total. The van der Waals surface area contributed by atoms with E-state index in [4.69, 9.17) is 0 Å². The van der Waals surface area contributed by atoms with E-state index in [0.717, 1.165) is 5.69 Å². The van der Waals surface area contributed by atoms with Gasteiger partial charge in [-0.15, -0.1) is 11.3 Å². The molecule has 0 aromatic carbocycles. The summed E-state index contributed by atoms with van der Waals surface area (Å²) in [6, 6.07) is 3.55. The smallest absolute Gasteiger partial charge is 0.277 e. The molecule has 2 heterocycles. The molecule has 0 atom stereocenters. The number of halogens is 1. The van der Waals surface area contributed by atoms with Crippen molar-refractivity contribution in [1.82, 2.24) is 9.97 Å². The summed E-state index contributed by atoms with van der Waals surface area (Å²) in [5.41, 5.74) is 1.34. The third-order valence-electron chi connectivity index (χ3n) is 2.31. The molecule has 2 aromatic rings. The van der Waals surface area contributed by atoms with Crippen molar-refractivity contribution < 1.29 is 4.79 Å². The Labute approximate surface area is 118 Å². The van der Waals surface area contributed by atoms with Crippen LogP contribution in [0, 0.1) is 0 Å². The highest BCUT2D eigenvalue weighted by molar-refractivity contribution is 9.10. The Morgan fingerprint density at radius 3 is 2.89 bits per heavy atom. The summed E-state index contributed by atoms with van der Waals surface area (Å²) in [6.45, 7) is 4.13. The van der Waals surface area contributed by atoms with E-state index in [2.05, 4.69) is 45.1 Å². The van der Waals surface area contributed by atoms with E-state index in [1.807, 2.05) is 5.38 Å². The Morgan fingerprint density at radius 2 is 2.28 bits per heavy atom. The predicted octanol–water partition coefficient (Wildman–Crippen LogP) is 3.68. The number of hydrogen-bond acceptors (Lipinski definition) is 4. The van der Waals surface area contributed by atoms with Gasteiger partial charge in [-0.2, -0.15) is 0 Å². The number of rotatable bonds is 3. The van der Waals surface area contributed by atoms with Crippen LogP contribution >= 0.6 is 27.3 Å². The lowest BCUT2D eigenvalue weighted by atomic mass is 10.2. The summed E-state index contributed by atoms with van der Waals surface area (Å²) in [5.74, 6) is 0.0978. The number of nitrogens with zero attached hydrogens (tertiary/aromatic N) is 2. The van der Waals surface area contributed by atoms with Crippen LogP contribution in [0.25, 0.3) is 0 Å². The summed E-state index contributed by atoms with van der Waals surface area (Å²) in [5, 5.41) is 5.30. The Hall–Kier alpha value is -1.27. The lowest BCUT2D eigenvalue weighted by molar-refractivity contribution is 0.102. The van der Waals surface area contributed by atoms with E-state index in [1.54, 1.807) is 18.3 Å². The highest BCUT2D eigenvalue weighted by atomic mass is 79.9. The van der Waals surface area contributed by atoms with Crippen LogP contribution in [0.4, 0.5) is 5.13 Å². The lowest BCUT2D eigenvalue weighted by Crippen LogP contribution is -2.14. The molecule has 1 amide bonds. The molecule has 0 bridgehead atoms. The number of aromatic nitrogens is 2. The molecule has 0 radical (unpaired) electrons. The minimum absolute atomic E-state index is 0.257. The monoisotopic (exact) mass is 325 g/mol. The first-order valence-corrected chi connectivity index (χ1v) is 7.12. The highest BCUT2D eigenvalue weighted by Crippen LogP contribution is 2.22. The molecular formula is C12H12BrN3OS. The fourth-order valence-corrected chi connectivity index (χ4v) is 2.62. The fraction of sp³-hybridized carbons (Fsp3) is 0.250. The number of anilines is 1. The average Bonchev–Trinajstić information content (AvgIpc) is 2.78. The topological polar surface area (TPSA) is 54.9 Å². The molecule has 0 aliphatic rings. The second-order valence-corrected chi connectivity index (χ2v) is 5.73. The number of nitrogens with one attached hydrogen (secondary N) is 1. The summed E-state index contributed by atoms with van der Waals surface area (Å²) in [4.78, 5) is 20.4. The standard InChI is InChI=1S/C12H12BrN3OS/c1-7(2)9-6-18-12(15-9)16-11(17)10-8(13)4-3-5-14-10/h3-7H,1-2H3,(H,15,16,17). The number of carbonyl (C=O) groups is 1. The van der Waals surface area contributed by atoms with Crippen molar-refractivity contribution in [1.29, 1.82) is 0 Å². The first kappa shape index (κ1) is 13.2. The predicted molar refractivity (Wildman–Crippen MR) is 76.1 cm³/mol. The molecule has 18 heavy (non-hydrogen) atoms. The van der Waals surface area contributed by atoms with Crippen molar-refractivity contribution in [2.75, 3.05) is 5.32 Å². The Morgan fingerprint density at radius 1 is 1.50 bits per heavy atom. The number of amides is 1. The molecule has 2 aromatic heterocycles. The van der Waals surface area contributed by atoms with Gasteiger partial charge in [0.15, 0.2) is 5.13 Å². The first-order chi connectivity index (χ1) is 8.58. The van der Waals surface area contributed by atoms with Gasteiger partial charge < -0.3 is 0 Å². The van der Waals surface area contributed by atoms with Gasteiger partial charge in [0.05, 0.1) is 5.69 Å². The second kappa shape index (κ2) is 5.58. The molecule has 0 unspecified atom stereocenters. The molecule has 94 valence electrons. The maximum absolute atomic E-state index is 12.0.